The van der Waals surface area contributed by atoms with Gasteiger partial charge in [-0.3, -0.25) is 0 Å². The fraction of sp³-hybridized carbons (Fsp3) is 0.500. The number of allylic oxidation sites excluding steroid dienone is 1. The summed E-state index contributed by atoms with van der Waals surface area (Å²) in [5.74, 6) is 0. The Morgan fingerprint density at radius 2 is 2.14 bits per heavy atom. The molecule has 1 rings (SSSR count). The van der Waals surface area contributed by atoms with Crippen LogP contribution in [0.3, 0.4) is 0 Å². The fourth-order valence-electron chi connectivity index (χ4n) is 1.34. The lowest BCUT2D eigenvalue weighted by atomic mass is 10.2. The molecule has 1 heterocycles. The van der Waals surface area contributed by atoms with E-state index in [0.717, 1.165) is 13.1 Å². The molecule has 1 nitrogen and oxygen atoms in total. The molecular weight excluding hydrogens is 190 g/mol. The summed E-state index contributed by atoms with van der Waals surface area (Å²) in [6, 6.07) is 2.27. The Hall–Kier alpha value is -0.600. The van der Waals surface area contributed by atoms with Crippen LogP contribution in [0.25, 0.3) is 0 Å². The van der Waals surface area contributed by atoms with E-state index in [1.54, 1.807) is 0 Å². The van der Waals surface area contributed by atoms with Crippen LogP contribution < -0.4 is 5.32 Å². The Balaban J connectivity index is 2.38. The summed E-state index contributed by atoms with van der Waals surface area (Å²) in [7, 11) is 0. The van der Waals surface area contributed by atoms with Gasteiger partial charge in [-0.15, -0.1) is 11.3 Å². The maximum Gasteiger partial charge on any atom is 0.0219 e. The Kier molecular flexibility index (Phi) is 4.36. The first-order chi connectivity index (χ1) is 6.59. The maximum absolute atomic E-state index is 3.42. The molecule has 1 aromatic heterocycles. The fourth-order valence-corrected chi connectivity index (χ4v) is 2.29. The molecule has 0 aliphatic carbocycles. The molecule has 0 aliphatic rings. The van der Waals surface area contributed by atoms with Gasteiger partial charge in [0.1, 0.15) is 0 Å². The summed E-state index contributed by atoms with van der Waals surface area (Å²) in [5, 5.41) is 3.42. The van der Waals surface area contributed by atoms with Crippen LogP contribution >= 0.6 is 11.3 Å². The third-order valence-electron chi connectivity index (χ3n) is 2.11. The summed E-state index contributed by atoms with van der Waals surface area (Å²) < 4.78 is 0. The Bertz CT molecular complexity index is 319. The lowest BCUT2D eigenvalue weighted by Crippen LogP contribution is -2.13. The normalized spacial score (nSPS) is 10.3. The molecule has 0 spiro atoms. The predicted octanol–water partition coefficient (Wildman–Crippen LogP) is 3.42. The van der Waals surface area contributed by atoms with Gasteiger partial charge in [0.05, 0.1) is 0 Å². The Labute approximate surface area is 90.9 Å². The van der Waals surface area contributed by atoms with Crippen LogP contribution in [0.4, 0.5) is 0 Å². The first kappa shape index (κ1) is 11.5. The average molecular weight is 209 g/mol. The minimum absolute atomic E-state index is 0.969. The molecule has 1 aromatic rings. The number of hydrogen-bond donors (Lipinski definition) is 1. The zero-order valence-electron chi connectivity index (χ0n) is 9.48. The van der Waals surface area contributed by atoms with Crippen LogP contribution in [-0.2, 0) is 6.54 Å². The van der Waals surface area contributed by atoms with E-state index < -0.39 is 0 Å². The quantitative estimate of drug-likeness (QED) is 0.592. The SMILES string of the molecule is CC(C)=CCNCc1cc(C)sc1C. The van der Waals surface area contributed by atoms with E-state index in [1.165, 1.54) is 20.9 Å². The molecule has 0 aromatic carbocycles. The van der Waals surface area contributed by atoms with E-state index in [9.17, 15) is 0 Å². The van der Waals surface area contributed by atoms with Crippen molar-refractivity contribution in [2.24, 2.45) is 0 Å². The molecule has 2 heteroatoms. The van der Waals surface area contributed by atoms with Gasteiger partial charge >= 0.3 is 0 Å². The van der Waals surface area contributed by atoms with Gasteiger partial charge in [0.15, 0.2) is 0 Å². The van der Waals surface area contributed by atoms with Gasteiger partial charge in [-0.1, -0.05) is 11.6 Å². The topological polar surface area (TPSA) is 12.0 Å². The number of nitrogens with one attached hydrogen (secondary N) is 1. The van der Waals surface area contributed by atoms with Crippen LogP contribution in [0.5, 0.6) is 0 Å². The smallest absolute Gasteiger partial charge is 0.0219 e. The first-order valence-corrected chi connectivity index (χ1v) is 5.81. The van der Waals surface area contributed by atoms with E-state index in [-0.39, 0.29) is 0 Å². The molecule has 0 radical (unpaired) electrons. The summed E-state index contributed by atoms with van der Waals surface area (Å²) in [6.07, 6.45) is 2.22. The van der Waals surface area contributed by atoms with E-state index in [1.807, 2.05) is 11.3 Å². The van der Waals surface area contributed by atoms with Crippen LogP contribution in [0.15, 0.2) is 17.7 Å². The molecule has 0 fully saturated rings. The van der Waals surface area contributed by atoms with E-state index >= 15 is 0 Å². The van der Waals surface area contributed by atoms with Gasteiger partial charge in [-0.25, -0.2) is 0 Å². The molecule has 78 valence electrons. The van der Waals surface area contributed by atoms with Gasteiger partial charge in [-0.05, 0) is 39.3 Å². The largest absolute Gasteiger partial charge is 0.309 e. The second kappa shape index (κ2) is 5.32. The van der Waals surface area contributed by atoms with Crippen molar-refractivity contribution in [3.8, 4) is 0 Å². The number of aryl methyl sites for hydroxylation is 2. The van der Waals surface area contributed by atoms with Crippen molar-refractivity contribution >= 4 is 11.3 Å². The highest BCUT2D eigenvalue weighted by Gasteiger charge is 2.00. The second-order valence-electron chi connectivity index (χ2n) is 3.85. The molecule has 0 unspecified atom stereocenters. The van der Waals surface area contributed by atoms with Crippen LogP contribution in [0, 0.1) is 13.8 Å². The zero-order chi connectivity index (χ0) is 10.6. The van der Waals surface area contributed by atoms with E-state index in [0.29, 0.717) is 0 Å². The lowest BCUT2D eigenvalue weighted by molar-refractivity contribution is 0.756. The minimum atomic E-state index is 0.969. The van der Waals surface area contributed by atoms with Crippen molar-refractivity contribution in [1.29, 1.82) is 0 Å². The monoisotopic (exact) mass is 209 g/mol. The third-order valence-corrected chi connectivity index (χ3v) is 3.12. The molecule has 0 amide bonds. The van der Waals surface area contributed by atoms with Gasteiger partial charge in [0, 0.05) is 22.8 Å². The van der Waals surface area contributed by atoms with Crippen molar-refractivity contribution in [2.75, 3.05) is 6.54 Å². The van der Waals surface area contributed by atoms with Gasteiger partial charge < -0.3 is 5.32 Å². The molecule has 1 N–H and O–H groups in total. The van der Waals surface area contributed by atoms with Crippen molar-refractivity contribution in [2.45, 2.75) is 34.2 Å². The second-order valence-corrected chi connectivity index (χ2v) is 5.31. The third kappa shape index (κ3) is 3.64. The van der Waals surface area contributed by atoms with Gasteiger partial charge in [-0.2, -0.15) is 0 Å². The average Bonchev–Trinajstić information content (AvgIpc) is 2.39. The highest BCUT2D eigenvalue weighted by atomic mass is 32.1. The van der Waals surface area contributed by atoms with Gasteiger partial charge in [0.2, 0.25) is 0 Å². The molecule has 0 atom stereocenters. The van der Waals surface area contributed by atoms with Crippen molar-refractivity contribution in [3.05, 3.63) is 33.0 Å². The van der Waals surface area contributed by atoms with Crippen LogP contribution in [0.2, 0.25) is 0 Å². The predicted molar refractivity (Wildman–Crippen MR) is 64.9 cm³/mol. The summed E-state index contributed by atoms with van der Waals surface area (Å²) in [6.45, 7) is 10.6. The zero-order valence-corrected chi connectivity index (χ0v) is 10.3. The van der Waals surface area contributed by atoms with Gasteiger partial charge in [0.25, 0.3) is 0 Å². The first-order valence-electron chi connectivity index (χ1n) is 4.99. The minimum Gasteiger partial charge on any atom is -0.309 e. The Morgan fingerprint density at radius 3 is 2.64 bits per heavy atom. The number of hydrogen-bond acceptors (Lipinski definition) is 2. The molecule has 0 aliphatic heterocycles. The molecule has 0 saturated heterocycles. The maximum atomic E-state index is 3.42. The molecule has 0 saturated carbocycles. The van der Waals surface area contributed by atoms with E-state index in [4.69, 9.17) is 0 Å². The number of thiophene rings is 1. The standard InChI is InChI=1S/C12H19NS/c1-9(2)5-6-13-8-12-7-10(3)14-11(12)4/h5,7,13H,6,8H2,1-4H3. The number of rotatable bonds is 4. The van der Waals surface area contributed by atoms with Crippen LogP contribution in [-0.4, -0.2) is 6.54 Å². The highest BCUT2D eigenvalue weighted by molar-refractivity contribution is 7.12. The summed E-state index contributed by atoms with van der Waals surface area (Å²) in [4.78, 5) is 2.84. The molecule has 14 heavy (non-hydrogen) atoms. The molecular formula is C12H19NS. The Morgan fingerprint density at radius 1 is 1.43 bits per heavy atom. The molecule has 0 bridgehead atoms. The van der Waals surface area contributed by atoms with E-state index in [2.05, 4.69) is 45.2 Å². The van der Waals surface area contributed by atoms with Crippen molar-refractivity contribution in [1.82, 2.24) is 5.32 Å². The highest BCUT2D eigenvalue weighted by Crippen LogP contribution is 2.19. The summed E-state index contributed by atoms with van der Waals surface area (Å²) >= 11 is 1.88. The lowest BCUT2D eigenvalue weighted by Gasteiger charge is -2.01. The summed E-state index contributed by atoms with van der Waals surface area (Å²) in [5.41, 5.74) is 2.81. The van der Waals surface area contributed by atoms with Crippen molar-refractivity contribution in [3.63, 3.8) is 0 Å². The van der Waals surface area contributed by atoms with Crippen molar-refractivity contribution < 1.29 is 0 Å². The van der Waals surface area contributed by atoms with Crippen LogP contribution in [0.1, 0.15) is 29.2 Å².